The van der Waals surface area contributed by atoms with Gasteiger partial charge in [-0.25, -0.2) is 0 Å². The second-order valence-corrected chi connectivity index (χ2v) is 2.67. The first-order chi connectivity index (χ1) is 3.41. The monoisotopic (exact) mass is 120 g/mol. The van der Waals surface area contributed by atoms with E-state index < -0.39 is 0 Å². The van der Waals surface area contributed by atoms with Gasteiger partial charge in [-0.05, 0) is 17.9 Å². The SMILES string of the molecule is CCSCCCO. The highest BCUT2D eigenvalue weighted by atomic mass is 32.2. The van der Waals surface area contributed by atoms with Gasteiger partial charge in [-0.3, -0.25) is 0 Å². The molecule has 0 aromatic rings. The number of aliphatic hydroxyl groups is 1. The minimum absolute atomic E-state index is 0.340. The van der Waals surface area contributed by atoms with E-state index in [2.05, 4.69) is 6.92 Å². The predicted octanol–water partition coefficient (Wildman–Crippen LogP) is 1.12. The van der Waals surface area contributed by atoms with Gasteiger partial charge in [0, 0.05) is 6.61 Å². The van der Waals surface area contributed by atoms with Crippen molar-refractivity contribution in [2.24, 2.45) is 0 Å². The molecular formula is C5H12OS. The van der Waals surface area contributed by atoms with E-state index in [0.29, 0.717) is 6.61 Å². The lowest BCUT2D eigenvalue weighted by Gasteiger charge is -1.90. The fraction of sp³-hybridized carbons (Fsp3) is 1.00. The van der Waals surface area contributed by atoms with Crippen molar-refractivity contribution in [1.82, 2.24) is 0 Å². The molecule has 2 heteroatoms. The van der Waals surface area contributed by atoms with Crippen LogP contribution in [-0.4, -0.2) is 23.2 Å². The zero-order chi connectivity index (χ0) is 5.54. The average Bonchev–Trinajstić information content (AvgIpc) is 1.69. The normalized spacial score (nSPS) is 9.43. The minimum Gasteiger partial charge on any atom is -0.396 e. The Kier molecular flexibility index (Phi) is 6.59. The maximum absolute atomic E-state index is 8.28. The van der Waals surface area contributed by atoms with Gasteiger partial charge in [-0.1, -0.05) is 6.92 Å². The molecule has 7 heavy (non-hydrogen) atoms. The molecule has 0 aromatic carbocycles. The highest BCUT2D eigenvalue weighted by Gasteiger charge is 1.80. The van der Waals surface area contributed by atoms with Gasteiger partial charge in [0.05, 0.1) is 0 Å². The quantitative estimate of drug-likeness (QED) is 0.561. The molecule has 0 aliphatic carbocycles. The molecule has 0 aliphatic rings. The molecule has 0 aliphatic heterocycles. The van der Waals surface area contributed by atoms with Crippen molar-refractivity contribution < 1.29 is 5.11 Å². The van der Waals surface area contributed by atoms with E-state index in [1.165, 1.54) is 5.75 Å². The minimum atomic E-state index is 0.340. The van der Waals surface area contributed by atoms with E-state index in [-0.39, 0.29) is 0 Å². The van der Waals surface area contributed by atoms with Gasteiger partial charge >= 0.3 is 0 Å². The molecule has 44 valence electrons. The van der Waals surface area contributed by atoms with Crippen molar-refractivity contribution in [3.05, 3.63) is 0 Å². The lowest BCUT2D eigenvalue weighted by molar-refractivity contribution is 0.296. The number of hydrogen-bond donors (Lipinski definition) is 1. The van der Waals surface area contributed by atoms with Crippen LogP contribution >= 0.6 is 11.8 Å². The van der Waals surface area contributed by atoms with Crippen LogP contribution in [0.25, 0.3) is 0 Å². The summed E-state index contributed by atoms with van der Waals surface area (Å²) in [4.78, 5) is 0. The van der Waals surface area contributed by atoms with Gasteiger partial charge in [-0.2, -0.15) is 11.8 Å². The second kappa shape index (κ2) is 6.31. The highest BCUT2D eigenvalue weighted by Crippen LogP contribution is 1.98. The van der Waals surface area contributed by atoms with Crippen LogP contribution in [0.4, 0.5) is 0 Å². The molecule has 0 amide bonds. The Bertz CT molecular complexity index is 27.3. The zero-order valence-corrected chi connectivity index (χ0v) is 5.50. The topological polar surface area (TPSA) is 20.2 Å². The lowest BCUT2D eigenvalue weighted by atomic mass is 10.5. The number of hydrogen-bond acceptors (Lipinski definition) is 2. The number of rotatable bonds is 4. The summed E-state index contributed by atoms with van der Waals surface area (Å²) in [5.41, 5.74) is 0. The van der Waals surface area contributed by atoms with Crippen molar-refractivity contribution in [2.75, 3.05) is 18.1 Å². The van der Waals surface area contributed by atoms with Crippen molar-refractivity contribution in [2.45, 2.75) is 13.3 Å². The average molecular weight is 120 g/mol. The summed E-state index contributed by atoms with van der Waals surface area (Å²) in [6.45, 7) is 2.47. The van der Waals surface area contributed by atoms with Crippen LogP contribution in [0.2, 0.25) is 0 Å². The summed E-state index contributed by atoms with van der Waals surface area (Å²) in [6.07, 6.45) is 0.943. The van der Waals surface area contributed by atoms with Crippen molar-refractivity contribution >= 4 is 11.8 Å². The maximum Gasteiger partial charge on any atom is 0.0438 e. The van der Waals surface area contributed by atoms with E-state index in [1.54, 1.807) is 0 Å². The van der Waals surface area contributed by atoms with Crippen LogP contribution in [0.1, 0.15) is 13.3 Å². The summed E-state index contributed by atoms with van der Waals surface area (Å²) >= 11 is 1.87. The van der Waals surface area contributed by atoms with E-state index in [4.69, 9.17) is 5.11 Å². The first kappa shape index (κ1) is 7.31. The fourth-order valence-electron chi connectivity index (χ4n) is 0.311. The van der Waals surface area contributed by atoms with Crippen LogP contribution in [0.15, 0.2) is 0 Å². The molecular weight excluding hydrogens is 108 g/mol. The largest absolute Gasteiger partial charge is 0.396 e. The molecule has 0 saturated heterocycles. The third-order valence-corrected chi connectivity index (χ3v) is 1.64. The fourth-order valence-corrected chi connectivity index (χ4v) is 0.933. The third kappa shape index (κ3) is 6.31. The molecule has 0 saturated carbocycles. The Labute approximate surface area is 49.1 Å². The predicted molar refractivity (Wildman–Crippen MR) is 34.7 cm³/mol. The lowest BCUT2D eigenvalue weighted by Crippen LogP contribution is -1.84. The number of aliphatic hydroxyl groups excluding tert-OH is 1. The third-order valence-electron chi connectivity index (χ3n) is 0.651. The molecule has 0 rings (SSSR count). The van der Waals surface area contributed by atoms with Gasteiger partial charge in [0.25, 0.3) is 0 Å². The second-order valence-electron chi connectivity index (χ2n) is 1.27. The summed E-state index contributed by atoms with van der Waals surface area (Å²) in [5.74, 6) is 2.27. The molecule has 1 nitrogen and oxygen atoms in total. The summed E-state index contributed by atoms with van der Waals surface area (Å²) in [7, 11) is 0. The van der Waals surface area contributed by atoms with Crippen LogP contribution in [0.5, 0.6) is 0 Å². The Morgan fingerprint density at radius 2 is 2.29 bits per heavy atom. The molecule has 1 N–H and O–H groups in total. The Hall–Kier alpha value is 0.310. The molecule has 0 fully saturated rings. The molecule has 0 heterocycles. The molecule has 0 spiro atoms. The maximum atomic E-state index is 8.28. The van der Waals surface area contributed by atoms with Crippen LogP contribution in [0, 0.1) is 0 Å². The summed E-state index contributed by atoms with van der Waals surface area (Å²) in [5, 5.41) is 8.28. The van der Waals surface area contributed by atoms with Crippen molar-refractivity contribution in [3.63, 3.8) is 0 Å². The van der Waals surface area contributed by atoms with Crippen molar-refractivity contribution in [3.8, 4) is 0 Å². The van der Waals surface area contributed by atoms with Gasteiger partial charge < -0.3 is 5.11 Å². The molecule has 0 unspecified atom stereocenters. The molecule has 0 aromatic heterocycles. The van der Waals surface area contributed by atoms with Crippen LogP contribution < -0.4 is 0 Å². The summed E-state index contributed by atoms with van der Waals surface area (Å²) < 4.78 is 0. The molecule has 0 radical (unpaired) electrons. The van der Waals surface area contributed by atoms with Gasteiger partial charge in [-0.15, -0.1) is 0 Å². The Balaban J connectivity index is 2.45. The standard InChI is InChI=1S/C5H12OS/c1-2-7-5-3-4-6/h6H,2-5H2,1H3. The van der Waals surface area contributed by atoms with E-state index in [0.717, 1.165) is 12.2 Å². The van der Waals surface area contributed by atoms with Gasteiger partial charge in [0.1, 0.15) is 0 Å². The molecule has 0 atom stereocenters. The first-order valence-electron chi connectivity index (χ1n) is 2.60. The van der Waals surface area contributed by atoms with E-state index >= 15 is 0 Å². The van der Waals surface area contributed by atoms with Crippen LogP contribution in [-0.2, 0) is 0 Å². The highest BCUT2D eigenvalue weighted by molar-refractivity contribution is 7.99. The Morgan fingerprint density at radius 3 is 2.71 bits per heavy atom. The zero-order valence-electron chi connectivity index (χ0n) is 4.68. The summed E-state index contributed by atoms with van der Waals surface area (Å²) in [6, 6.07) is 0. The Morgan fingerprint density at radius 1 is 1.57 bits per heavy atom. The van der Waals surface area contributed by atoms with E-state index in [1.807, 2.05) is 11.8 Å². The van der Waals surface area contributed by atoms with E-state index in [9.17, 15) is 0 Å². The van der Waals surface area contributed by atoms with Gasteiger partial charge in [0.15, 0.2) is 0 Å². The molecule has 0 bridgehead atoms. The van der Waals surface area contributed by atoms with Gasteiger partial charge in [0.2, 0.25) is 0 Å². The van der Waals surface area contributed by atoms with Crippen LogP contribution in [0.3, 0.4) is 0 Å². The number of thioether (sulfide) groups is 1. The smallest absolute Gasteiger partial charge is 0.0438 e. The first-order valence-corrected chi connectivity index (χ1v) is 3.76. The van der Waals surface area contributed by atoms with Crippen molar-refractivity contribution in [1.29, 1.82) is 0 Å².